The number of hydrogen-bond donors (Lipinski definition) is 1. The van der Waals surface area contributed by atoms with Crippen molar-refractivity contribution >= 4 is 11.9 Å². The van der Waals surface area contributed by atoms with E-state index in [1.807, 2.05) is 0 Å². The summed E-state index contributed by atoms with van der Waals surface area (Å²) in [4.78, 5) is 23.4. The van der Waals surface area contributed by atoms with Crippen molar-refractivity contribution in [3.8, 4) is 0 Å². The predicted molar refractivity (Wildman–Crippen MR) is 73.3 cm³/mol. The average molecular weight is 279 g/mol. The van der Waals surface area contributed by atoms with Crippen LogP contribution in [-0.4, -0.2) is 24.5 Å². The topological polar surface area (TPSA) is 68.5 Å². The average Bonchev–Trinajstić information content (AvgIpc) is 2.85. The standard InChI is InChI=1S/C15H21NO4/c1-10-3-5-12(6-4-10)16-14(17)9-20-15(18)13-7-8-19-11(13)2/h7-8,10,12H,3-6,9H2,1-2H3,(H,16,17). The number of rotatable bonds is 4. The van der Waals surface area contributed by atoms with Gasteiger partial charge in [0.2, 0.25) is 0 Å². The molecule has 1 fully saturated rings. The Labute approximate surface area is 118 Å². The summed E-state index contributed by atoms with van der Waals surface area (Å²) in [7, 11) is 0. The van der Waals surface area contributed by atoms with Gasteiger partial charge in [-0.2, -0.15) is 0 Å². The summed E-state index contributed by atoms with van der Waals surface area (Å²) < 4.78 is 10.0. The molecule has 0 saturated heterocycles. The van der Waals surface area contributed by atoms with Crippen molar-refractivity contribution in [1.29, 1.82) is 0 Å². The molecule has 1 aromatic heterocycles. The van der Waals surface area contributed by atoms with Crippen molar-refractivity contribution in [1.82, 2.24) is 5.32 Å². The van der Waals surface area contributed by atoms with Crippen molar-refractivity contribution in [2.75, 3.05) is 6.61 Å². The second-order valence-electron chi connectivity index (χ2n) is 5.49. The van der Waals surface area contributed by atoms with Gasteiger partial charge in [0, 0.05) is 6.04 Å². The van der Waals surface area contributed by atoms with Crippen molar-refractivity contribution in [3.63, 3.8) is 0 Å². The highest BCUT2D eigenvalue weighted by molar-refractivity contribution is 5.92. The molecule has 1 saturated carbocycles. The van der Waals surface area contributed by atoms with Gasteiger partial charge in [-0.1, -0.05) is 6.92 Å². The fourth-order valence-corrected chi connectivity index (χ4v) is 2.48. The van der Waals surface area contributed by atoms with Crippen LogP contribution < -0.4 is 5.32 Å². The van der Waals surface area contributed by atoms with Gasteiger partial charge >= 0.3 is 5.97 Å². The number of aryl methyl sites for hydroxylation is 1. The van der Waals surface area contributed by atoms with Crippen molar-refractivity contribution in [3.05, 3.63) is 23.7 Å². The van der Waals surface area contributed by atoms with Gasteiger partial charge in [-0.3, -0.25) is 4.79 Å². The van der Waals surface area contributed by atoms with Crippen molar-refractivity contribution < 1.29 is 18.7 Å². The molecule has 0 radical (unpaired) electrons. The molecule has 1 aromatic rings. The molecule has 0 unspecified atom stereocenters. The lowest BCUT2D eigenvalue weighted by Crippen LogP contribution is -2.39. The Bertz CT molecular complexity index is 472. The van der Waals surface area contributed by atoms with E-state index in [1.54, 1.807) is 6.92 Å². The van der Waals surface area contributed by atoms with E-state index in [0.717, 1.165) is 31.6 Å². The summed E-state index contributed by atoms with van der Waals surface area (Å²) in [6, 6.07) is 1.76. The Kier molecular flexibility index (Phi) is 4.82. The maximum Gasteiger partial charge on any atom is 0.342 e. The fourth-order valence-electron chi connectivity index (χ4n) is 2.48. The van der Waals surface area contributed by atoms with Gasteiger partial charge in [0.25, 0.3) is 5.91 Å². The van der Waals surface area contributed by atoms with Gasteiger partial charge in [0.15, 0.2) is 6.61 Å². The van der Waals surface area contributed by atoms with Crippen LogP contribution in [0.1, 0.15) is 48.7 Å². The Morgan fingerprint density at radius 3 is 2.65 bits per heavy atom. The molecule has 20 heavy (non-hydrogen) atoms. The molecule has 1 aliphatic carbocycles. The maximum absolute atomic E-state index is 11.7. The van der Waals surface area contributed by atoms with Gasteiger partial charge in [0.05, 0.1) is 6.26 Å². The van der Waals surface area contributed by atoms with E-state index in [4.69, 9.17) is 9.15 Å². The van der Waals surface area contributed by atoms with Crippen LogP contribution in [0.2, 0.25) is 0 Å². The number of ether oxygens (including phenoxy) is 1. The molecule has 5 heteroatoms. The summed E-state index contributed by atoms with van der Waals surface area (Å²) in [5, 5.41) is 2.92. The van der Waals surface area contributed by atoms with Crippen LogP contribution in [0.4, 0.5) is 0 Å². The smallest absolute Gasteiger partial charge is 0.342 e. The second kappa shape index (κ2) is 6.59. The third kappa shape index (κ3) is 3.85. The minimum Gasteiger partial charge on any atom is -0.469 e. The van der Waals surface area contributed by atoms with Crippen LogP contribution in [0, 0.1) is 12.8 Å². The fraction of sp³-hybridized carbons (Fsp3) is 0.600. The Morgan fingerprint density at radius 2 is 2.05 bits per heavy atom. The molecule has 0 spiro atoms. The highest BCUT2D eigenvalue weighted by Gasteiger charge is 2.20. The first-order valence-electron chi connectivity index (χ1n) is 7.07. The van der Waals surface area contributed by atoms with E-state index < -0.39 is 5.97 Å². The molecule has 0 bridgehead atoms. The number of nitrogens with one attached hydrogen (secondary N) is 1. The summed E-state index contributed by atoms with van der Waals surface area (Å²) >= 11 is 0. The van der Waals surface area contributed by atoms with Crippen LogP contribution in [0.25, 0.3) is 0 Å². The van der Waals surface area contributed by atoms with Gasteiger partial charge in [-0.25, -0.2) is 4.79 Å². The zero-order chi connectivity index (χ0) is 14.5. The highest BCUT2D eigenvalue weighted by Crippen LogP contribution is 2.23. The molecule has 0 aromatic carbocycles. The number of esters is 1. The Balaban J connectivity index is 1.73. The molecule has 110 valence electrons. The zero-order valence-electron chi connectivity index (χ0n) is 12.0. The van der Waals surface area contributed by atoms with E-state index in [0.29, 0.717) is 11.3 Å². The summed E-state index contributed by atoms with van der Waals surface area (Å²) in [6.07, 6.45) is 5.70. The predicted octanol–water partition coefficient (Wildman–Crippen LogP) is 2.44. The van der Waals surface area contributed by atoms with Gasteiger partial charge in [-0.05, 0) is 44.6 Å². The lowest BCUT2D eigenvalue weighted by molar-refractivity contribution is -0.125. The van der Waals surface area contributed by atoms with Gasteiger partial charge < -0.3 is 14.5 Å². The SMILES string of the molecule is Cc1occc1C(=O)OCC(=O)NC1CCC(C)CC1. The first-order valence-corrected chi connectivity index (χ1v) is 7.07. The molecule has 5 nitrogen and oxygen atoms in total. The van der Waals surface area contributed by atoms with Crippen LogP contribution in [0.5, 0.6) is 0 Å². The summed E-state index contributed by atoms with van der Waals surface area (Å²) in [5.74, 6) is 0.476. The van der Waals surface area contributed by atoms with Crippen LogP contribution in [-0.2, 0) is 9.53 Å². The molecule has 0 atom stereocenters. The maximum atomic E-state index is 11.7. The summed E-state index contributed by atoms with van der Waals surface area (Å²) in [6.45, 7) is 3.67. The Hall–Kier alpha value is -1.78. The first-order chi connectivity index (χ1) is 9.56. The van der Waals surface area contributed by atoms with Crippen LogP contribution >= 0.6 is 0 Å². The Morgan fingerprint density at radius 1 is 1.35 bits per heavy atom. The second-order valence-corrected chi connectivity index (χ2v) is 5.49. The number of carbonyl (C=O) groups is 2. The number of furan rings is 1. The molecule has 1 N–H and O–H groups in total. The monoisotopic (exact) mass is 279 g/mol. The molecule has 1 aliphatic rings. The van der Waals surface area contributed by atoms with Crippen LogP contribution in [0.3, 0.4) is 0 Å². The third-order valence-corrected chi connectivity index (χ3v) is 3.79. The van der Waals surface area contributed by atoms with E-state index >= 15 is 0 Å². The normalized spacial score (nSPS) is 22.3. The van der Waals surface area contributed by atoms with Crippen molar-refractivity contribution in [2.45, 2.75) is 45.6 Å². The van der Waals surface area contributed by atoms with Crippen molar-refractivity contribution in [2.24, 2.45) is 5.92 Å². The van der Waals surface area contributed by atoms with E-state index in [9.17, 15) is 9.59 Å². The molecular formula is C15H21NO4. The quantitative estimate of drug-likeness (QED) is 0.859. The minimum atomic E-state index is -0.524. The lowest BCUT2D eigenvalue weighted by atomic mass is 9.87. The van der Waals surface area contributed by atoms with E-state index in [1.165, 1.54) is 12.3 Å². The molecule has 2 rings (SSSR count). The van der Waals surface area contributed by atoms with Gasteiger partial charge in [-0.15, -0.1) is 0 Å². The molecule has 1 amide bonds. The zero-order valence-corrected chi connectivity index (χ0v) is 12.0. The highest BCUT2D eigenvalue weighted by atomic mass is 16.5. The number of carbonyl (C=O) groups excluding carboxylic acids is 2. The largest absolute Gasteiger partial charge is 0.469 e. The van der Waals surface area contributed by atoms with E-state index in [2.05, 4.69) is 12.2 Å². The lowest BCUT2D eigenvalue weighted by Gasteiger charge is -2.26. The van der Waals surface area contributed by atoms with Crippen LogP contribution in [0.15, 0.2) is 16.7 Å². The number of amides is 1. The molecule has 1 heterocycles. The minimum absolute atomic E-state index is 0.216. The van der Waals surface area contributed by atoms with Gasteiger partial charge in [0.1, 0.15) is 11.3 Å². The number of hydrogen-bond acceptors (Lipinski definition) is 4. The third-order valence-electron chi connectivity index (χ3n) is 3.79. The van der Waals surface area contributed by atoms with E-state index in [-0.39, 0.29) is 18.6 Å². The first kappa shape index (κ1) is 14.6. The molecular weight excluding hydrogens is 258 g/mol. The summed E-state index contributed by atoms with van der Waals surface area (Å²) in [5.41, 5.74) is 0.365. The molecule has 0 aliphatic heterocycles.